The standard InChI is InChI=1S/C21H23N3O3/c1-13-7-9-19-17(11-13)24-20(25)16-12-15(8-10-18(16)27-19)23-21(26)22-14-5-3-2-4-6-14/h7-12,14H,2-6H2,1H3,(H,24,25)(H2,22,23,26). The maximum atomic E-state index is 12.6. The predicted octanol–water partition coefficient (Wildman–Crippen LogP) is 4.81. The van der Waals surface area contributed by atoms with Gasteiger partial charge in [-0.25, -0.2) is 4.79 Å². The van der Waals surface area contributed by atoms with Crippen molar-refractivity contribution < 1.29 is 14.3 Å². The van der Waals surface area contributed by atoms with Gasteiger partial charge in [0.2, 0.25) is 0 Å². The number of nitrogens with one attached hydrogen (secondary N) is 3. The summed E-state index contributed by atoms with van der Waals surface area (Å²) in [5.41, 5.74) is 2.62. The van der Waals surface area contributed by atoms with E-state index in [1.54, 1.807) is 18.2 Å². The van der Waals surface area contributed by atoms with Crippen LogP contribution in [0.3, 0.4) is 0 Å². The van der Waals surface area contributed by atoms with E-state index in [-0.39, 0.29) is 18.0 Å². The first-order valence-corrected chi connectivity index (χ1v) is 9.40. The number of benzene rings is 2. The molecule has 0 spiro atoms. The summed E-state index contributed by atoms with van der Waals surface area (Å²) >= 11 is 0. The molecule has 140 valence electrons. The Hall–Kier alpha value is -3.02. The molecule has 0 atom stereocenters. The van der Waals surface area contributed by atoms with E-state index in [9.17, 15) is 9.59 Å². The summed E-state index contributed by atoms with van der Waals surface area (Å²) in [4.78, 5) is 24.9. The van der Waals surface area contributed by atoms with Gasteiger partial charge in [0.15, 0.2) is 5.75 Å². The van der Waals surface area contributed by atoms with Gasteiger partial charge in [-0.3, -0.25) is 4.79 Å². The summed E-state index contributed by atoms with van der Waals surface area (Å²) in [6.07, 6.45) is 5.58. The average Bonchev–Trinajstić information content (AvgIpc) is 2.78. The molecule has 3 amide bonds. The summed E-state index contributed by atoms with van der Waals surface area (Å²) in [7, 11) is 0. The van der Waals surface area contributed by atoms with E-state index in [1.165, 1.54) is 6.42 Å². The number of hydrogen-bond acceptors (Lipinski definition) is 3. The fourth-order valence-corrected chi connectivity index (χ4v) is 3.61. The second-order valence-electron chi connectivity index (χ2n) is 7.20. The predicted molar refractivity (Wildman–Crippen MR) is 105 cm³/mol. The lowest BCUT2D eigenvalue weighted by Crippen LogP contribution is -2.39. The van der Waals surface area contributed by atoms with Crippen LogP contribution in [-0.4, -0.2) is 18.0 Å². The van der Waals surface area contributed by atoms with Crippen molar-refractivity contribution in [2.45, 2.75) is 45.1 Å². The number of rotatable bonds is 2. The van der Waals surface area contributed by atoms with Crippen molar-refractivity contribution in [2.24, 2.45) is 0 Å². The van der Waals surface area contributed by atoms with Gasteiger partial charge in [-0.1, -0.05) is 25.3 Å². The largest absolute Gasteiger partial charge is 0.454 e. The maximum Gasteiger partial charge on any atom is 0.319 e. The zero-order chi connectivity index (χ0) is 18.8. The van der Waals surface area contributed by atoms with Crippen LogP contribution in [0.5, 0.6) is 11.5 Å². The molecule has 2 aromatic carbocycles. The molecule has 0 unspecified atom stereocenters. The number of amides is 3. The van der Waals surface area contributed by atoms with Crippen LogP contribution in [0.25, 0.3) is 0 Å². The summed E-state index contributed by atoms with van der Waals surface area (Å²) in [6.45, 7) is 1.96. The second kappa shape index (κ2) is 7.31. The highest BCUT2D eigenvalue weighted by molar-refractivity contribution is 6.09. The first-order valence-electron chi connectivity index (χ1n) is 9.40. The Labute approximate surface area is 158 Å². The lowest BCUT2D eigenvalue weighted by atomic mass is 9.96. The molecule has 4 rings (SSSR count). The topological polar surface area (TPSA) is 79.5 Å². The molecule has 0 aromatic heterocycles. The molecular formula is C21H23N3O3. The van der Waals surface area contributed by atoms with Gasteiger partial charge < -0.3 is 20.7 Å². The molecule has 0 bridgehead atoms. The van der Waals surface area contributed by atoms with Crippen molar-refractivity contribution >= 4 is 23.3 Å². The molecule has 1 saturated carbocycles. The molecule has 27 heavy (non-hydrogen) atoms. The number of anilines is 2. The number of ether oxygens (including phenoxy) is 1. The van der Waals surface area contributed by atoms with E-state index >= 15 is 0 Å². The fourth-order valence-electron chi connectivity index (χ4n) is 3.61. The second-order valence-corrected chi connectivity index (χ2v) is 7.20. The molecule has 3 N–H and O–H groups in total. The van der Waals surface area contributed by atoms with Gasteiger partial charge in [-0.05, 0) is 55.7 Å². The summed E-state index contributed by atoms with van der Waals surface area (Å²) in [5, 5.41) is 8.71. The first-order chi connectivity index (χ1) is 13.1. The van der Waals surface area contributed by atoms with Gasteiger partial charge in [-0.2, -0.15) is 0 Å². The molecule has 2 aliphatic rings. The molecule has 1 heterocycles. The minimum Gasteiger partial charge on any atom is -0.454 e. The highest BCUT2D eigenvalue weighted by atomic mass is 16.5. The molecular weight excluding hydrogens is 342 g/mol. The van der Waals surface area contributed by atoms with E-state index in [4.69, 9.17) is 4.74 Å². The first kappa shape index (κ1) is 17.4. The van der Waals surface area contributed by atoms with Crippen LogP contribution >= 0.6 is 0 Å². The Morgan fingerprint density at radius 3 is 2.67 bits per heavy atom. The normalized spacial score (nSPS) is 16.3. The fraction of sp³-hybridized carbons (Fsp3) is 0.333. The summed E-state index contributed by atoms with van der Waals surface area (Å²) < 4.78 is 5.90. The summed E-state index contributed by atoms with van der Waals surface area (Å²) in [5.74, 6) is 0.808. The van der Waals surface area contributed by atoms with Crippen molar-refractivity contribution in [3.63, 3.8) is 0 Å². The Balaban J connectivity index is 1.50. The molecule has 1 aliphatic heterocycles. The van der Waals surface area contributed by atoms with Gasteiger partial charge in [0, 0.05) is 11.7 Å². The Kier molecular flexibility index (Phi) is 4.71. The van der Waals surface area contributed by atoms with E-state index in [0.717, 1.165) is 31.2 Å². The quantitative estimate of drug-likeness (QED) is 0.715. The van der Waals surface area contributed by atoms with Crippen LogP contribution in [-0.2, 0) is 0 Å². The van der Waals surface area contributed by atoms with Crippen LogP contribution in [0.2, 0.25) is 0 Å². The van der Waals surface area contributed by atoms with Crippen LogP contribution < -0.4 is 20.7 Å². The molecule has 1 aliphatic carbocycles. The molecule has 0 radical (unpaired) electrons. The smallest absolute Gasteiger partial charge is 0.319 e. The Bertz CT molecular complexity index is 888. The van der Waals surface area contributed by atoms with Gasteiger partial charge in [0.05, 0.1) is 11.3 Å². The number of aryl methyl sites for hydroxylation is 1. The van der Waals surface area contributed by atoms with Crippen molar-refractivity contribution in [3.8, 4) is 11.5 Å². The third-order valence-corrected chi connectivity index (χ3v) is 5.03. The van der Waals surface area contributed by atoms with Crippen molar-refractivity contribution in [3.05, 3.63) is 47.5 Å². The molecule has 2 aromatic rings. The number of fused-ring (bicyclic) bond motifs is 2. The van der Waals surface area contributed by atoms with Crippen molar-refractivity contribution in [1.29, 1.82) is 0 Å². The number of carbonyl (C=O) groups excluding carboxylic acids is 2. The Morgan fingerprint density at radius 2 is 1.85 bits per heavy atom. The minimum absolute atomic E-state index is 0.226. The molecule has 0 saturated heterocycles. The minimum atomic E-state index is -0.259. The van der Waals surface area contributed by atoms with Crippen LogP contribution in [0.15, 0.2) is 36.4 Å². The van der Waals surface area contributed by atoms with Gasteiger partial charge in [0.25, 0.3) is 5.91 Å². The average molecular weight is 365 g/mol. The zero-order valence-electron chi connectivity index (χ0n) is 15.3. The lowest BCUT2D eigenvalue weighted by Gasteiger charge is -2.23. The highest BCUT2D eigenvalue weighted by Gasteiger charge is 2.22. The zero-order valence-corrected chi connectivity index (χ0v) is 15.3. The summed E-state index contributed by atoms with van der Waals surface area (Å²) in [6, 6.07) is 10.7. The van der Waals surface area contributed by atoms with Gasteiger partial charge in [0.1, 0.15) is 5.75 Å². The highest BCUT2D eigenvalue weighted by Crippen LogP contribution is 2.37. The van der Waals surface area contributed by atoms with Gasteiger partial charge >= 0.3 is 6.03 Å². The Morgan fingerprint density at radius 1 is 1.07 bits per heavy atom. The van der Waals surface area contributed by atoms with Crippen LogP contribution in [0.4, 0.5) is 16.2 Å². The molecule has 6 heteroatoms. The van der Waals surface area contributed by atoms with Crippen molar-refractivity contribution in [1.82, 2.24) is 5.32 Å². The van der Waals surface area contributed by atoms with Crippen LogP contribution in [0, 0.1) is 6.92 Å². The third-order valence-electron chi connectivity index (χ3n) is 5.03. The number of carbonyl (C=O) groups is 2. The number of hydrogen-bond donors (Lipinski definition) is 3. The van der Waals surface area contributed by atoms with Gasteiger partial charge in [-0.15, -0.1) is 0 Å². The molecule has 6 nitrogen and oxygen atoms in total. The maximum absolute atomic E-state index is 12.6. The third kappa shape index (κ3) is 3.89. The number of urea groups is 1. The van der Waals surface area contributed by atoms with E-state index in [0.29, 0.717) is 28.4 Å². The van der Waals surface area contributed by atoms with Crippen molar-refractivity contribution in [2.75, 3.05) is 10.6 Å². The lowest BCUT2D eigenvalue weighted by molar-refractivity contribution is 0.102. The van der Waals surface area contributed by atoms with Crippen LogP contribution in [0.1, 0.15) is 48.0 Å². The SMILES string of the molecule is Cc1ccc2c(c1)NC(=O)c1cc(NC(=O)NC3CCCCC3)ccc1O2. The van der Waals surface area contributed by atoms with E-state index in [2.05, 4.69) is 16.0 Å². The van der Waals surface area contributed by atoms with E-state index in [1.807, 2.05) is 25.1 Å². The van der Waals surface area contributed by atoms with E-state index < -0.39 is 0 Å². The molecule has 1 fully saturated rings. The monoisotopic (exact) mass is 365 g/mol.